The van der Waals surface area contributed by atoms with Crippen molar-refractivity contribution in [3.8, 4) is 35.2 Å². The van der Waals surface area contributed by atoms with Crippen molar-refractivity contribution in [3.05, 3.63) is 53.3 Å². The molecule has 2 aromatic heterocycles. The first-order valence-corrected chi connectivity index (χ1v) is 18.7. The quantitative estimate of drug-likeness (QED) is 0.132. The third-order valence-electron chi connectivity index (χ3n) is 12.0. The van der Waals surface area contributed by atoms with E-state index in [4.69, 9.17) is 20.6 Å². The van der Waals surface area contributed by atoms with Crippen LogP contribution in [0, 0.1) is 30.9 Å². The summed E-state index contributed by atoms with van der Waals surface area (Å²) in [6.07, 6.45) is 1.38. The average Bonchev–Trinajstić information content (AvgIpc) is 3.88. The molecule has 6 heterocycles. The minimum Gasteiger partial charge on any atom is -0.508 e. The highest BCUT2D eigenvalue weighted by molar-refractivity contribution is 6.18. The summed E-state index contributed by atoms with van der Waals surface area (Å²) >= 11 is 0. The lowest BCUT2D eigenvalue weighted by Gasteiger charge is -2.42. The standard InChI is InChI=1S/C41H37F6N5O4/c1-3-27-30(43)8-5-22-14-26(53)15-28(32(22)27)33-35(44)36-34(29-13-21(2)56-37(29)33)38(49-39(48-36)55-20-40-10-4-12-51(40)17-23(42)16-40)50-18-24-6-7-25(19-50)52(24)31(54)9-11-41(45,46)47/h1,5,8,13-15,23-25,53H,4,6-7,9-12,16-20H2,2H3/t23-,24-,25+,40+/m1/s1. The summed E-state index contributed by atoms with van der Waals surface area (Å²) in [7, 11) is 0. The zero-order valence-electron chi connectivity index (χ0n) is 30.4. The highest BCUT2D eigenvalue weighted by Crippen LogP contribution is 2.47. The predicted molar refractivity (Wildman–Crippen MR) is 196 cm³/mol. The van der Waals surface area contributed by atoms with Gasteiger partial charge in [0, 0.05) is 60.9 Å². The lowest BCUT2D eigenvalue weighted by Crippen LogP contribution is -2.56. The molecule has 4 atom stereocenters. The number of fused-ring (bicyclic) bond motifs is 7. The summed E-state index contributed by atoms with van der Waals surface area (Å²) in [4.78, 5) is 28.1. The number of alkyl halides is 4. The number of terminal acetylenes is 1. The summed E-state index contributed by atoms with van der Waals surface area (Å²) < 4.78 is 99.3. The van der Waals surface area contributed by atoms with Gasteiger partial charge in [-0.3, -0.25) is 9.69 Å². The van der Waals surface area contributed by atoms with Crippen molar-refractivity contribution < 1.29 is 45.4 Å². The monoisotopic (exact) mass is 777 g/mol. The number of nitrogens with zero attached hydrogens (tertiary/aromatic N) is 5. The van der Waals surface area contributed by atoms with Crippen molar-refractivity contribution in [2.45, 2.75) is 81.8 Å². The number of carbonyl (C=O) groups is 1. The molecule has 9 rings (SSSR count). The van der Waals surface area contributed by atoms with Gasteiger partial charge >= 0.3 is 12.2 Å². The van der Waals surface area contributed by atoms with Crippen LogP contribution in [0.3, 0.4) is 0 Å². The third kappa shape index (κ3) is 5.95. The fourth-order valence-corrected chi connectivity index (χ4v) is 9.75. The molecule has 0 saturated carbocycles. The molecule has 4 aliphatic rings. The van der Waals surface area contributed by atoms with Gasteiger partial charge in [0.1, 0.15) is 47.0 Å². The number of hydrogen-bond acceptors (Lipinski definition) is 8. The first kappa shape index (κ1) is 36.4. The highest BCUT2D eigenvalue weighted by atomic mass is 19.4. The first-order chi connectivity index (χ1) is 26.7. The van der Waals surface area contributed by atoms with Crippen LogP contribution in [0.2, 0.25) is 0 Å². The van der Waals surface area contributed by atoms with Crippen LogP contribution in [0.5, 0.6) is 11.8 Å². The maximum absolute atomic E-state index is 17.7. The Morgan fingerprint density at radius 3 is 2.61 bits per heavy atom. The second kappa shape index (κ2) is 13.2. The number of phenolic OH excluding ortho intramolecular Hbond substituents is 1. The number of furan rings is 1. The molecule has 5 aromatic rings. The van der Waals surface area contributed by atoms with Gasteiger partial charge in [-0.15, -0.1) is 6.42 Å². The van der Waals surface area contributed by atoms with Crippen LogP contribution in [-0.2, 0) is 4.79 Å². The number of hydrogen-bond donors (Lipinski definition) is 1. The van der Waals surface area contributed by atoms with E-state index in [1.165, 1.54) is 24.3 Å². The van der Waals surface area contributed by atoms with Crippen LogP contribution < -0.4 is 9.64 Å². The molecule has 2 bridgehead atoms. The summed E-state index contributed by atoms with van der Waals surface area (Å²) in [5.74, 6) is 0.636. The van der Waals surface area contributed by atoms with Crippen LogP contribution in [0.15, 0.2) is 34.7 Å². The van der Waals surface area contributed by atoms with Gasteiger partial charge in [-0.25, -0.2) is 13.2 Å². The summed E-state index contributed by atoms with van der Waals surface area (Å²) in [5, 5.41) is 12.0. The normalized spacial score (nSPS) is 23.8. The van der Waals surface area contributed by atoms with Crippen molar-refractivity contribution >= 4 is 44.4 Å². The lowest BCUT2D eigenvalue weighted by atomic mass is 9.91. The van der Waals surface area contributed by atoms with E-state index in [1.807, 2.05) is 4.90 Å². The van der Waals surface area contributed by atoms with Gasteiger partial charge in [-0.2, -0.15) is 23.1 Å². The molecule has 9 nitrogen and oxygen atoms in total. The molecule has 0 aliphatic carbocycles. The van der Waals surface area contributed by atoms with E-state index in [2.05, 4.69) is 15.8 Å². The van der Waals surface area contributed by atoms with Gasteiger partial charge in [-0.1, -0.05) is 12.0 Å². The Kier molecular flexibility index (Phi) is 8.57. The van der Waals surface area contributed by atoms with Crippen molar-refractivity contribution in [2.24, 2.45) is 0 Å². The van der Waals surface area contributed by atoms with Gasteiger partial charge in [0.15, 0.2) is 5.82 Å². The van der Waals surface area contributed by atoms with Gasteiger partial charge in [0.05, 0.1) is 28.5 Å². The number of amides is 1. The van der Waals surface area contributed by atoms with E-state index in [0.29, 0.717) is 35.8 Å². The molecule has 4 fully saturated rings. The molecule has 292 valence electrons. The molecule has 56 heavy (non-hydrogen) atoms. The van der Waals surface area contributed by atoms with Crippen LogP contribution in [0.1, 0.15) is 56.3 Å². The van der Waals surface area contributed by atoms with Crippen molar-refractivity contribution in [1.29, 1.82) is 0 Å². The largest absolute Gasteiger partial charge is 0.508 e. The van der Waals surface area contributed by atoms with Gasteiger partial charge in [-0.05, 0) is 68.8 Å². The zero-order chi connectivity index (χ0) is 39.3. The van der Waals surface area contributed by atoms with E-state index in [1.54, 1.807) is 17.9 Å². The van der Waals surface area contributed by atoms with E-state index in [9.17, 15) is 27.5 Å². The van der Waals surface area contributed by atoms with Crippen molar-refractivity contribution in [3.63, 3.8) is 0 Å². The van der Waals surface area contributed by atoms with Gasteiger partial charge in [0.2, 0.25) is 5.91 Å². The SMILES string of the molecule is C#Cc1c(F)ccc2cc(O)cc(-c3c(F)c4nc(OC[C@@]56CCCN5C[C@H](F)C6)nc(N5C[C@H]6CC[C@@H](C5)N6C(=O)CCC(F)(F)F)c4c4cc(C)oc34)c12. The van der Waals surface area contributed by atoms with E-state index in [-0.39, 0.29) is 88.8 Å². The number of aromatic hydroxyl groups is 1. The van der Waals surface area contributed by atoms with Gasteiger partial charge < -0.3 is 24.1 Å². The second-order valence-electron chi connectivity index (χ2n) is 15.6. The Bertz CT molecular complexity index is 2470. The zero-order valence-corrected chi connectivity index (χ0v) is 30.4. The molecule has 4 aliphatic heterocycles. The molecule has 0 unspecified atom stereocenters. The van der Waals surface area contributed by atoms with Crippen LogP contribution in [0.25, 0.3) is 43.8 Å². The molecule has 4 saturated heterocycles. The van der Waals surface area contributed by atoms with E-state index >= 15 is 8.78 Å². The minimum atomic E-state index is -4.47. The Labute approximate surface area is 317 Å². The Morgan fingerprint density at radius 1 is 1.11 bits per heavy atom. The fraction of sp³-hybridized carbons (Fsp3) is 0.439. The molecular formula is C41H37F6N5O4. The Balaban J connectivity index is 1.22. The fourth-order valence-electron chi connectivity index (χ4n) is 9.75. The van der Waals surface area contributed by atoms with E-state index < -0.39 is 60.4 Å². The number of anilines is 1. The smallest absolute Gasteiger partial charge is 0.389 e. The Morgan fingerprint density at radius 2 is 1.88 bits per heavy atom. The average molecular weight is 778 g/mol. The number of phenols is 1. The predicted octanol–water partition coefficient (Wildman–Crippen LogP) is 7.95. The molecule has 15 heteroatoms. The van der Waals surface area contributed by atoms with Crippen molar-refractivity contribution in [2.75, 3.05) is 37.7 Å². The first-order valence-electron chi connectivity index (χ1n) is 18.7. The maximum Gasteiger partial charge on any atom is 0.389 e. The molecular weight excluding hydrogens is 740 g/mol. The molecule has 3 aromatic carbocycles. The molecule has 0 radical (unpaired) electrons. The highest BCUT2D eigenvalue weighted by Gasteiger charge is 2.50. The molecule has 1 amide bonds. The number of benzene rings is 3. The second-order valence-corrected chi connectivity index (χ2v) is 15.6. The Hall–Kier alpha value is -5.23. The van der Waals surface area contributed by atoms with Crippen LogP contribution in [-0.4, -0.2) is 93.5 Å². The number of aryl methyl sites for hydroxylation is 1. The minimum absolute atomic E-state index is 0.0502. The van der Waals surface area contributed by atoms with Crippen LogP contribution >= 0.6 is 0 Å². The third-order valence-corrected chi connectivity index (χ3v) is 12.0. The van der Waals surface area contributed by atoms with Crippen LogP contribution in [0.4, 0.5) is 32.2 Å². The number of piperazine rings is 1. The summed E-state index contributed by atoms with van der Waals surface area (Å²) in [6, 6.07) is 5.97. The number of aromatic nitrogens is 2. The number of halogens is 6. The van der Waals surface area contributed by atoms with E-state index in [0.717, 1.165) is 13.0 Å². The number of carbonyl (C=O) groups excluding carboxylic acids is 1. The summed E-state index contributed by atoms with van der Waals surface area (Å²) in [5.41, 5.74) is -0.883. The molecule has 0 spiro atoms. The summed E-state index contributed by atoms with van der Waals surface area (Å²) in [6.45, 7) is 3.13. The van der Waals surface area contributed by atoms with Gasteiger partial charge in [0.25, 0.3) is 0 Å². The lowest BCUT2D eigenvalue weighted by molar-refractivity contribution is -0.151. The maximum atomic E-state index is 17.7. The number of ether oxygens (including phenoxy) is 1. The number of rotatable bonds is 7. The molecule has 1 N–H and O–H groups in total. The van der Waals surface area contributed by atoms with Crippen molar-refractivity contribution in [1.82, 2.24) is 19.8 Å². The topological polar surface area (TPSA) is 95.2 Å².